The third-order valence-electron chi connectivity index (χ3n) is 2.80. The van der Waals surface area contributed by atoms with Crippen molar-refractivity contribution in [2.24, 2.45) is 0 Å². The second kappa shape index (κ2) is 5.76. The molecule has 0 radical (unpaired) electrons. The van der Waals surface area contributed by atoms with Gasteiger partial charge < -0.3 is 4.90 Å². The van der Waals surface area contributed by atoms with E-state index in [0.717, 1.165) is 0 Å². The molecule has 0 saturated carbocycles. The smallest absolute Gasteiger partial charge is 0.228 e. The Kier molecular flexibility index (Phi) is 4.27. The van der Waals surface area contributed by atoms with E-state index in [1.807, 2.05) is 0 Å². The summed E-state index contributed by atoms with van der Waals surface area (Å²) < 4.78 is 0.708. The van der Waals surface area contributed by atoms with Crippen molar-refractivity contribution in [3.05, 3.63) is 28.2 Å². The summed E-state index contributed by atoms with van der Waals surface area (Å²) in [6.07, 6.45) is 0.363. The van der Waals surface area contributed by atoms with Crippen molar-refractivity contribution in [3.63, 3.8) is 0 Å². The second-order valence-electron chi connectivity index (χ2n) is 4.22. The summed E-state index contributed by atoms with van der Waals surface area (Å²) in [5.74, 6) is -0.00929. The summed E-state index contributed by atoms with van der Waals surface area (Å²) >= 11 is 4.49. The Morgan fingerprint density at radius 2 is 2.32 bits per heavy atom. The van der Waals surface area contributed by atoms with Crippen LogP contribution in [-0.2, 0) is 9.59 Å². The Balaban J connectivity index is 2.21. The molecule has 1 heterocycles. The van der Waals surface area contributed by atoms with Crippen LogP contribution in [0.1, 0.15) is 18.9 Å². The fraction of sp³-hybridized carbons (Fsp3) is 0.308. The van der Waals surface area contributed by atoms with E-state index in [4.69, 9.17) is 5.26 Å². The molecule has 1 fully saturated rings. The van der Waals surface area contributed by atoms with E-state index in [2.05, 4.69) is 22.0 Å². The number of carbonyl (C=O) groups excluding carboxylic acids is 2. The van der Waals surface area contributed by atoms with Crippen molar-refractivity contribution >= 4 is 44.4 Å². The summed E-state index contributed by atoms with van der Waals surface area (Å²) in [6.45, 7) is 2.01. The monoisotopic (exact) mass is 338 g/mol. The van der Waals surface area contributed by atoms with Gasteiger partial charge in [-0.05, 0) is 34.1 Å². The van der Waals surface area contributed by atoms with Gasteiger partial charge in [0.25, 0.3) is 0 Å². The Labute approximate surface area is 123 Å². The van der Waals surface area contributed by atoms with Crippen LogP contribution < -0.4 is 4.90 Å². The van der Waals surface area contributed by atoms with Crippen LogP contribution in [0.2, 0.25) is 0 Å². The molecule has 0 aromatic heterocycles. The van der Waals surface area contributed by atoms with Gasteiger partial charge in [0.05, 0.1) is 5.56 Å². The highest BCUT2D eigenvalue weighted by molar-refractivity contribution is 9.10. The number of hydrogen-bond acceptors (Lipinski definition) is 4. The van der Waals surface area contributed by atoms with Crippen molar-refractivity contribution in [1.29, 1.82) is 5.26 Å². The largest absolute Gasteiger partial charge is 0.311 e. The summed E-state index contributed by atoms with van der Waals surface area (Å²) in [5, 5.41) is 9.01. The number of rotatable bonds is 2. The molecule has 1 atom stereocenters. The van der Waals surface area contributed by atoms with Gasteiger partial charge in [-0.1, -0.05) is 11.8 Å². The molecule has 6 heteroatoms. The average Bonchev–Trinajstić information content (AvgIpc) is 2.70. The van der Waals surface area contributed by atoms with Gasteiger partial charge in [0, 0.05) is 35.3 Å². The zero-order chi connectivity index (χ0) is 14.0. The zero-order valence-electron chi connectivity index (χ0n) is 10.2. The molecular formula is C13H11BrN2O2S. The molecule has 2 rings (SSSR count). The lowest BCUT2D eigenvalue weighted by Gasteiger charge is -2.17. The minimum atomic E-state index is -0.00929. The van der Waals surface area contributed by atoms with Crippen LogP contribution in [0.4, 0.5) is 5.69 Å². The summed E-state index contributed by atoms with van der Waals surface area (Å²) in [7, 11) is 0. The lowest BCUT2D eigenvalue weighted by atomic mass is 10.2. The van der Waals surface area contributed by atoms with Crippen molar-refractivity contribution < 1.29 is 9.59 Å². The van der Waals surface area contributed by atoms with Crippen LogP contribution in [0.3, 0.4) is 0 Å². The van der Waals surface area contributed by atoms with E-state index in [-0.39, 0.29) is 16.3 Å². The predicted octanol–water partition coefficient (Wildman–Crippen LogP) is 2.71. The Morgan fingerprint density at radius 3 is 2.95 bits per heavy atom. The number of benzene rings is 1. The standard InChI is InChI=1S/C13H11BrN2O2S/c1-8(17)19-11-5-13(18)16(7-11)10-2-3-12(14)9(4-10)6-15/h2-4,11H,5,7H2,1H3. The number of nitriles is 1. The molecule has 1 aliphatic heterocycles. The first-order valence-corrected chi connectivity index (χ1v) is 7.35. The highest BCUT2D eigenvalue weighted by Gasteiger charge is 2.32. The number of thioether (sulfide) groups is 1. The van der Waals surface area contributed by atoms with E-state index in [1.54, 1.807) is 23.1 Å². The van der Waals surface area contributed by atoms with Gasteiger partial charge in [-0.3, -0.25) is 9.59 Å². The summed E-state index contributed by atoms with van der Waals surface area (Å²) in [5.41, 5.74) is 1.20. The Hall–Kier alpha value is -1.32. The van der Waals surface area contributed by atoms with Crippen LogP contribution in [0.15, 0.2) is 22.7 Å². The first-order chi connectivity index (χ1) is 9.01. The van der Waals surface area contributed by atoms with Gasteiger partial charge in [-0.15, -0.1) is 0 Å². The first kappa shape index (κ1) is 14.1. The van der Waals surface area contributed by atoms with Gasteiger partial charge >= 0.3 is 0 Å². The maximum Gasteiger partial charge on any atom is 0.228 e. The average molecular weight is 339 g/mol. The molecule has 0 spiro atoms. The number of anilines is 1. The van der Waals surface area contributed by atoms with Crippen molar-refractivity contribution in [3.8, 4) is 6.07 Å². The molecule has 1 unspecified atom stereocenters. The SMILES string of the molecule is CC(=O)SC1CC(=O)N(c2ccc(Br)c(C#N)c2)C1. The van der Waals surface area contributed by atoms with E-state index < -0.39 is 0 Å². The van der Waals surface area contributed by atoms with Crippen LogP contribution in [0.25, 0.3) is 0 Å². The van der Waals surface area contributed by atoms with Crippen LogP contribution in [-0.4, -0.2) is 22.8 Å². The molecule has 19 heavy (non-hydrogen) atoms. The number of halogens is 1. The summed E-state index contributed by atoms with van der Waals surface area (Å²) in [4.78, 5) is 24.7. The number of carbonyl (C=O) groups is 2. The van der Waals surface area contributed by atoms with Gasteiger partial charge in [0.1, 0.15) is 6.07 Å². The fourth-order valence-electron chi connectivity index (χ4n) is 2.00. The number of hydrogen-bond donors (Lipinski definition) is 0. The molecule has 1 saturated heterocycles. The molecule has 0 aliphatic carbocycles. The Morgan fingerprint density at radius 1 is 1.58 bits per heavy atom. The van der Waals surface area contributed by atoms with Crippen molar-refractivity contribution in [2.45, 2.75) is 18.6 Å². The van der Waals surface area contributed by atoms with E-state index in [1.165, 1.54) is 18.7 Å². The zero-order valence-corrected chi connectivity index (χ0v) is 12.6. The molecule has 1 aromatic carbocycles. The quantitative estimate of drug-likeness (QED) is 0.831. The normalized spacial score (nSPS) is 18.5. The van der Waals surface area contributed by atoms with Crippen molar-refractivity contribution in [2.75, 3.05) is 11.4 Å². The van der Waals surface area contributed by atoms with Gasteiger partial charge in [-0.25, -0.2) is 0 Å². The number of amides is 1. The molecule has 0 N–H and O–H groups in total. The highest BCUT2D eigenvalue weighted by atomic mass is 79.9. The maximum atomic E-state index is 12.0. The topological polar surface area (TPSA) is 61.2 Å². The lowest BCUT2D eigenvalue weighted by Crippen LogP contribution is -2.25. The molecule has 98 valence electrons. The third kappa shape index (κ3) is 3.17. The van der Waals surface area contributed by atoms with Gasteiger partial charge in [0.15, 0.2) is 5.12 Å². The van der Waals surface area contributed by atoms with E-state index in [9.17, 15) is 9.59 Å². The minimum absolute atomic E-state index is 0.000757. The van der Waals surface area contributed by atoms with Gasteiger partial charge in [0.2, 0.25) is 5.91 Å². The molecule has 0 bridgehead atoms. The third-order valence-corrected chi connectivity index (χ3v) is 4.48. The van der Waals surface area contributed by atoms with Crippen molar-refractivity contribution in [1.82, 2.24) is 0 Å². The van der Waals surface area contributed by atoms with E-state index in [0.29, 0.717) is 28.7 Å². The second-order valence-corrected chi connectivity index (χ2v) is 6.55. The molecule has 1 aliphatic rings. The number of nitrogens with zero attached hydrogens (tertiary/aromatic N) is 2. The highest BCUT2D eigenvalue weighted by Crippen LogP contribution is 2.30. The molecule has 1 amide bonds. The Bertz CT molecular complexity index is 582. The molecule has 4 nitrogen and oxygen atoms in total. The van der Waals surface area contributed by atoms with Gasteiger partial charge in [-0.2, -0.15) is 5.26 Å². The predicted molar refractivity (Wildman–Crippen MR) is 77.9 cm³/mol. The minimum Gasteiger partial charge on any atom is -0.311 e. The maximum absolute atomic E-state index is 12.0. The lowest BCUT2D eigenvalue weighted by molar-refractivity contribution is -0.117. The molecular weight excluding hydrogens is 328 g/mol. The fourth-order valence-corrected chi connectivity index (χ4v) is 3.26. The van der Waals surface area contributed by atoms with Crippen LogP contribution in [0, 0.1) is 11.3 Å². The first-order valence-electron chi connectivity index (χ1n) is 5.68. The van der Waals surface area contributed by atoms with Crippen LogP contribution in [0.5, 0.6) is 0 Å². The molecule has 1 aromatic rings. The summed E-state index contributed by atoms with van der Waals surface area (Å²) in [6, 6.07) is 7.31. The van der Waals surface area contributed by atoms with E-state index >= 15 is 0 Å². The van der Waals surface area contributed by atoms with Crippen LogP contribution >= 0.6 is 27.7 Å².